The minimum absolute atomic E-state index is 0.140. The van der Waals surface area contributed by atoms with Gasteiger partial charge in [-0.25, -0.2) is 108 Å². The Labute approximate surface area is 626 Å². The van der Waals surface area contributed by atoms with Crippen LogP contribution in [0.1, 0.15) is 45.6 Å². The summed E-state index contributed by atoms with van der Waals surface area (Å²) in [5, 5.41) is 3.69. The lowest BCUT2D eigenvalue weighted by molar-refractivity contribution is 0.381. The molecule has 6 nitrogen and oxygen atoms in total. The fourth-order valence-electron chi connectivity index (χ4n) is 12.9. The molecule has 4 aliphatic heterocycles. The second-order valence-corrected chi connectivity index (χ2v) is 30.3. The number of nitrogens with one attached hydrogen (secondary N) is 2. The summed E-state index contributed by atoms with van der Waals surface area (Å²) in [7, 11) is 0. The van der Waals surface area contributed by atoms with Gasteiger partial charge in [0.2, 0.25) is 23.3 Å². The molecular weight excluding hydrogens is 1590 g/mol. The van der Waals surface area contributed by atoms with Crippen LogP contribution in [0.3, 0.4) is 0 Å². The minimum Gasteiger partial charge on any atom is -0.354 e. The maximum Gasteiger partial charge on any atom is 0.200 e. The SMILES string of the molecule is Fc1c(F)c(F)c(-c2c3nc(c(-c4ccc(-c5ccc(-c6cccs6)s5)s4)c4ccc([nH]4)c(-c4c(F)c(F)c(F)c(F)c4F)c4nc(c(-c5c(F)c(F)c(F)c(F)c5F)c5nc(c(-c6ccc(-c7ccc(-c8cccs8)s7)s6)c6ccc([nH]6)c(-c6c(F)c(F)c(F)c(F)c6F)c6nc2C=C6)C=C5)C=C4)C=C3)c(F)c1F. The fourth-order valence-corrected chi connectivity index (χ4v) is 18.9. The van der Waals surface area contributed by atoms with Crippen molar-refractivity contribution in [3.05, 3.63) is 270 Å². The number of hydrogen-bond donors (Lipinski definition) is 2. The Morgan fingerprint density at radius 2 is 0.373 bits per heavy atom. The molecule has 13 heterocycles. The van der Waals surface area contributed by atoms with Crippen LogP contribution < -0.4 is 0 Å². The summed E-state index contributed by atoms with van der Waals surface area (Å²) in [5.74, 6) is -50.6. The van der Waals surface area contributed by atoms with Crippen LogP contribution in [0.25, 0.3) is 175 Å². The zero-order valence-corrected chi connectivity index (χ0v) is 58.7. The first-order valence-electron chi connectivity index (χ1n) is 31.6. The Kier molecular flexibility index (Phi) is 17.7. The van der Waals surface area contributed by atoms with Gasteiger partial charge in [0.25, 0.3) is 0 Å². The molecule has 0 fully saturated rings. The van der Waals surface area contributed by atoms with E-state index in [1.165, 1.54) is 57.5 Å². The highest BCUT2D eigenvalue weighted by Gasteiger charge is 2.37. The van der Waals surface area contributed by atoms with Gasteiger partial charge in [0, 0.05) is 104 Å². The molecule has 0 saturated carbocycles. The van der Waals surface area contributed by atoms with E-state index in [-0.39, 0.29) is 43.3 Å². The summed E-state index contributed by atoms with van der Waals surface area (Å²) in [6, 6.07) is 25.2. The number of rotatable bonds is 10. The summed E-state index contributed by atoms with van der Waals surface area (Å²) >= 11 is 7.59. The maximum atomic E-state index is 16.8. The predicted octanol–water partition coefficient (Wildman–Crippen LogP) is 26.5. The van der Waals surface area contributed by atoms with E-state index in [4.69, 9.17) is 0 Å². The van der Waals surface area contributed by atoms with E-state index in [0.29, 0.717) is 19.5 Å². The Morgan fingerprint density at radius 3 is 0.618 bits per heavy atom. The third-order valence-corrected chi connectivity index (χ3v) is 24.7. The van der Waals surface area contributed by atoms with Gasteiger partial charge in [-0.2, -0.15) is 0 Å². The third-order valence-electron chi connectivity index (χ3n) is 17.8. The minimum atomic E-state index is -2.64. The lowest BCUT2D eigenvalue weighted by Crippen LogP contribution is -2.06. The predicted molar refractivity (Wildman–Crippen MR) is 388 cm³/mol. The summed E-state index contributed by atoms with van der Waals surface area (Å²) in [5.41, 5.74) is -18.7. The first-order chi connectivity index (χ1) is 52.8. The third kappa shape index (κ3) is 11.5. The Hall–Kier alpha value is -11.4. The van der Waals surface area contributed by atoms with E-state index in [0.717, 1.165) is 115 Å². The molecule has 110 heavy (non-hydrogen) atoms. The summed E-state index contributed by atoms with van der Waals surface area (Å²) in [6.45, 7) is 0. The standard InChI is InChI=1S/C78H28F20N6S6/c79-59-55(60(80)68(88)75(95)67(59)87)51-31-9-5-27(99-31)49(47-23-21-45(109-47)43-19-17-41(107-43)39-3-1-25-105-39)28-6-10-32(100-28)52(56-61(81)69(89)76(96)70(90)62(56)82)36-14-16-38(104-36)54(58-65(85)73(93)78(98)74(94)66(58)86)34-12-8-30(102-34)50(48-24-22-46(110-48)44-20-18-42(108-44)40-4-2-26-106-40)29-7-11-33(101-29)53(37-15-13-35(51)103-37)57-63(83)71(91)77(97)72(92)64(57)84/h1-26,99,102H. The molecule has 17 rings (SSSR count). The van der Waals surface area contributed by atoms with Gasteiger partial charge in [0.1, 0.15) is 0 Å². The Balaban J connectivity index is 1.06. The number of hydrogen-bond acceptors (Lipinski definition) is 10. The smallest absolute Gasteiger partial charge is 0.200 e. The van der Waals surface area contributed by atoms with Crippen LogP contribution >= 0.6 is 68.0 Å². The molecule has 2 N–H and O–H groups in total. The van der Waals surface area contributed by atoms with Crippen LogP contribution in [0.2, 0.25) is 0 Å². The Morgan fingerprint density at radius 1 is 0.182 bits per heavy atom. The van der Waals surface area contributed by atoms with Crippen molar-refractivity contribution in [3.8, 4) is 104 Å². The lowest BCUT2D eigenvalue weighted by Gasteiger charge is -2.11. The van der Waals surface area contributed by atoms with Crippen LogP contribution in [-0.4, -0.2) is 29.9 Å². The molecule has 32 heteroatoms. The van der Waals surface area contributed by atoms with Crippen LogP contribution in [-0.2, 0) is 0 Å². The van der Waals surface area contributed by atoms with Gasteiger partial charge in [-0.05, 0) is 144 Å². The van der Waals surface area contributed by atoms with Crippen molar-refractivity contribution in [3.63, 3.8) is 0 Å². The first kappa shape index (κ1) is 71.5. The number of nitrogens with zero attached hydrogens (tertiary/aromatic N) is 4. The van der Waals surface area contributed by atoms with Crippen molar-refractivity contribution in [1.82, 2.24) is 29.9 Å². The topological polar surface area (TPSA) is 83.1 Å². The fraction of sp³-hybridized carbons (Fsp3) is 0. The summed E-state index contributed by atoms with van der Waals surface area (Å²) < 4.78 is 322. The molecule has 0 saturated heterocycles. The molecule has 13 aromatic rings. The molecule has 0 aliphatic carbocycles. The van der Waals surface area contributed by atoms with Crippen molar-refractivity contribution >= 4 is 139 Å². The first-order valence-corrected chi connectivity index (χ1v) is 36.6. The highest BCUT2D eigenvalue weighted by molar-refractivity contribution is 7.28. The molecule has 0 unspecified atom stereocenters. The summed E-state index contributed by atoms with van der Waals surface area (Å²) in [4.78, 5) is 29.9. The highest BCUT2D eigenvalue weighted by Crippen LogP contribution is 2.50. The quantitative estimate of drug-likeness (QED) is 0.0812. The number of aromatic amines is 2. The van der Waals surface area contributed by atoms with Crippen LogP contribution in [0, 0.1) is 116 Å². The average molecular weight is 1620 g/mol. The van der Waals surface area contributed by atoms with E-state index in [1.54, 1.807) is 24.3 Å². The van der Waals surface area contributed by atoms with E-state index in [2.05, 4.69) is 29.9 Å². The number of fused-ring (bicyclic) bond motifs is 12. The number of H-pyrrole nitrogens is 2. The molecule has 4 aromatic carbocycles. The van der Waals surface area contributed by atoms with Crippen LogP contribution in [0.5, 0.6) is 0 Å². The number of halogens is 20. The lowest BCUT2D eigenvalue weighted by atomic mass is 10.00. The van der Waals surface area contributed by atoms with Crippen molar-refractivity contribution in [2.75, 3.05) is 0 Å². The van der Waals surface area contributed by atoms with Gasteiger partial charge >= 0.3 is 0 Å². The van der Waals surface area contributed by atoms with Gasteiger partial charge in [0.15, 0.2) is 93.1 Å². The van der Waals surface area contributed by atoms with E-state index in [1.807, 2.05) is 47.2 Å². The van der Waals surface area contributed by atoms with Crippen molar-refractivity contribution in [1.29, 1.82) is 0 Å². The molecule has 12 bridgehead atoms. The monoisotopic (exact) mass is 1620 g/mol. The molecule has 546 valence electrons. The number of benzene rings is 4. The van der Waals surface area contributed by atoms with E-state index in [9.17, 15) is 0 Å². The normalized spacial score (nSPS) is 12.4. The molecule has 9 aromatic heterocycles. The molecule has 0 spiro atoms. The number of aromatic nitrogens is 6. The number of thiophene rings is 6. The second-order valence-electron chi connectivity index (χ2n) is 24.1. The Bertz CT molecular complexity index is 6180. The average Bonchev–Trinajstić information content (AvgIpc) is 1.70. The van der Waals surface area contributed by atoms with Crippen molar-refractivity contribution in [2.45, 2.75) is 0 Å². The van der Waals surface area contributed by atoms with Crippen molar-refractivity contribution in [2.24, 2.45) is 0 Å². The van der Waals surface area contributed by atoms with Crippen LogP contribution in [0.15, 0.2) is 108 Å². The van der Waals surface area contributed by atoms with Gasteiger partial charge < -0.3 is 9.97 Å². The highest BCUT2D eigenvalue weighted by atomic mass is 32.1. The summed E-state index contributed by atoms with van der Waals surface area (Å²) in [6.07, 6.45) is 7.50. The van der Waals surface area contributed by atoms with E-state index >= 15 is 87.8 Å². The maximum absolute atomic E-state index is 16.8. The molecule has 4 aliphatic rings. The molecule has 0 atom stereocenters. The molecule has 0 amide bonds. The van der Waals surface area contributed by atoms with Crippen LogP contribution in [0.4, 0.5) is 87.8 Å². The second kappa shape index (κ2) is 27.3. The van der Waals surface area contributed by atoms with Gasteiger partial charge in [-0.3, -0.25) is 0 Å². The zero-order chi connectivity index (χ0) is 76.9. The zero-order valence-electron chi connectivity index (χ0n) is 53.8. The largest absolute Gasteiger partial charge is 0.354 e. The van der Waals surface area contributed by atoms with Crippen molar-refractivity contribution < 1.29 is 87.8 Å². The van der Waals surface area contributed by atoms with Gasteiger partial charge in [0.05, 0.1) is 67.8 Å². The van der Waals surface area contributed by atoms with Gasteiger partial charge in [-0.15, -0.1) is 68.0 Å². The molecular formula is C78H28F20N6S6. The van der Waals surface area contributed by atoms with E-state index < -0.39 is 206 Å². The molecule has 0 radical (unpaired) electrons. The van der Waals surface area contributed by atoms with Gasteiger partial charge in [-0.1, -0.05) is 12.1 Å².